The Hall–Kier alpha value is -1.99. The van der Waals surface area contributed by atoms with Gasteiger partial charge in [0.05, 0.1) is 18.1 Å². The fraction of sp³-hybridized carbons (Fsp3) is 0.611. The highest BCUT2D eigenvalue weighted by Gasteiger charge is 2.34. The fourth-order valence-electron chi connectivity index (χ4n) is 2.02. The van der Waals surface area contributed by atoms with Crippen molar-refractivity contribution in [2.24, 2.45) is 5.41 Å². The predicted molar refractivity (Wildman–Crippen MR) is 94.1 cm³/mol. The Morgan fingerprint density at radius 3 is 2.50 bits per heavy atom. The molecule has 0 saturated heterocycles. The Kier molecular flexibility index (Phi) is 7.71. The molecule has 0 aliphatic rings. The van der Waals surface area contributed by atoms with Gasteiger partial charge in [-0.3, -0.25) is 0 Å². The Balaban J connectivity index is 2.90. The first-order valence-electron chi connectivity index (χ1n) is 8.41. The maximum Gasteiger partial charge on any atom is 0.504 e. The monoisotopic (exact) mass is 377 g/mol. The molecule has 8 heteroatoms. The lowest BCUT2D eigenvalue weighted by Gasteiger charge is -2.20. The Morgan fingerprint density at radius 2 is 1.96 bits per heavy atom. The standard InChI is InChI=1S/C18H27F4N3O/c1-13(19)7-5-6-8-15(26-12-17(2,3)4)10-9-14-11-16(23)24-25(14)18(20,21)22/h5-6,10-11,13H,7-9,12H2,1-4H3,(H2,23,24)/b6-5-,15-10+. The van der Waals surface area contributed by atoms with E-state index >= 15 is 0 Å². The third-order valence-corrected chi connectivity index (χ3v) is 3.22. The number of alkyl halides is 4. The molecule has 0 bridgehead atoms. The second-order valence-corrected chi connectivity index (χ2v) is 7.36. The molecule has 4 nitrogen and oxygen atoms in total. The lowest BCUT2D eigenvalue weighted by molar-refractivity contribution is -0.213. The molecule has 1 aromatic rings. The molecule has 1 rings (SSSR count). The number of hydrogen-bond donors (Lipinski definition) is 1. The maximum atomic E-state index is 13.0. The van der Waals surface area contributed by atoms with Gasteiger partial charge in [-0.1, -0.05) is 32.9 Å². The lowest BCUT2D eigenvalue weighted by atomic mass is 9.98. The molecule has 0 amide bonds. The highest BCUT2D eigenvalue weighted by molar-refractivity contribution is 5.31. The summed E-state index contributed by atoms with van der Waals surface area (Å²) in [5, 5.41) is 3.28. The van der Waals surface area contributed by atoms with E-state index in [1.807, 2.05) is 20.8 Å². The first-order valence-corrected chi connectivity index (χ1v) is 8.41. The number of nitrogen functional groups attached to an aromatic ring is 1. The van der Waals surface area contributed by atoms with Crippen LogP contribution in [-0.2, 0) is 17.5 Å². The zero-order valence-electron chi connectivity index (χ0n) is 15.6. The minimum atomic E-state index is -4.63. The van der Waals surface area contributed by atoms with Crippen LogP contribution in [0, 0.1) is 5.41 Å². The van der Waals surface area contributed by atoms with Gasteiger partial charge in [0.1, 0.15) is 12.0 Å². The van der Waals surface area contributed by atoms with Gasteiger partial charge in [0, 0.05) is 18.9 Å². The van der Waals surface area contributed by atoms with Crippen molar-refractivity contribution in [1.29, 1.82) is 0 Å². The van der Waals surface area contributed by atoms with Gasteiger partial charge in [0.25, 0.3) is 0 Å². The molecule has 0 spiro atoms. The van der Waals surface area contributed by atoms with Crippen LogP contribution in [0.3, 0.4) is 0 Å². The zero-order valence-corrected chi connectivity index (χ0v) is 15.6. The van der Waals surface area contributed by atoms with Crippen LogP contribution >= 0.6 is 0 Å². The van der Waals surface area contributed by atoms with Crippen LogP contribution in [0.15, 0.2) is 30.1 Å². The van der Waals surface area contributed by atoms with Crippen molar-refractivity contribution in [1.82, 2.24) is 9.78 Å². The van der Waals surface area contributed by atoms with Crippen molar-refractivity contribution in [3.8, 4) is 0 Å². The molecule has 0 saturated carbocycles. The van der Waals surface area contributed by atoms with Crippen LogP contribution in [0.4, 0.5) is 23.4 Å². The molecule has 2 N–H and O–H groups in total. The van der Waals surface area contributed by atoms with Gasteiger partial charge in [-0.2, -0.15) is 4.68 Å². The Morgan fingerprint density at radius 1 is 1.31 bits per heavy atom. The van der Waals surface area contributed by atoms with Crippen molar-refractivity contribution in [2.45, 2.75) is 59.4 Å². The van der Waals surface area contributed by atoms with Crippen molar-refractivity contribution in [3.05, 3.63) is 35.7 Å². The second-order valence-electron chi connectivity index (χ2n) is 7.36. The van der Waals surface area contributed by atoms with E-state index in [1.54, 1.807) is 18.2 Å². The quantitative estimate of drug-likeness (QED) is 0.388. The number of halogens is 4. The Bertz CT molecular complexity index is 625. The van der Waals surface area contributed by atoms with Crippen LogP contribution in [-0.4, -0.2) is 22.6 Å². The number of nitrogens with two attached hydrogens (primary N) is 1. The summed E-state index contributed by atoms with van der Waals surface area (Å²) in [7, 11) is 0. The number of hydrogen-bond acceptors (Lipinski definition) is 3. The zero-order chi connectivity index (χ0) is 20.0. The van der Waals surface area contributed by atoms with E-state index in [-0.39, 0.29) is 34.5 Å². The van der Waals surface area contributed by atoms with Crippen LogP contribution in [0.5, 0.6) is 0 Å². The molecule has 0 aromatic carbocycles. The molecule has 1 heterocycles. The average Bonchev–Trinajstić information content (AvgIpc) is 2.85. The smallest absolute Gasteiger partial charge is 0.497 e. The summed E-state index contributed by atoms with van der Waals surface area (Å²) in [6.45, 7) is 7.84. The number of anilines is 1. The topological polar surface area (TPSA) is 53.1 Å². The lowest BCUT2D eigenvalue weighted by Crippen LogP contribution is -2.21. The van der Waals surface area contributed by atoms with Crippen LogP contribution in [0.25, 0.3) is 0 Å². The molecular formula is C18H27F4N3O. The summed E-state index contributed by atoms with van der Waals surface area (Å²) in [6.07, 6.45) is 0.0617. The third-order valence-electron chi connectivity index (χ3n) is 3.22. The van der Waals surface area contributed by atoms with E-state index in [0.29, 0.717) is 18.8 Å². The van der Waals surface area contributed by atoms with Crippen LogP contribution < -0.4 is 5.73 Å². The van der Waals surface area contributed by atoms with Gasteiger partial charge in [-0.15, -0.1) is 18.3 Å². The molecule has 1 atom stereocenters. The molecule has 1 unspecified atom stereocenters. The summed E-state index contributed by atoms with van der Waals surface area (Å²) in [6, 6.07) is 1.19. The molecule has 0 radical (unpaired) electrons. The highest BCUT2D eigenvalue weighted by Crippen LogP contribution is 2.26. The van der Waals surface area contributed by atoms with Crippen LogP contribution in [0.2, 0.25) is 0 Å². The average molecular weight is 377 g/mol. The highest BCUT2D eigenvalue weighted by atomic mass is 19.4. The minimum Gasteiger partial charge on any atom is -0.497 e. The van der Waals surface area contributed by atoms with E-state index in [0.717, 1.165) is 0 Å². The summed E-state index contributed by atoms with van der Waals surface area (Å²) < 4.78 is 57.4. The SMILES string of the molecule is CC(F)C/C=C\C/C(=C\Cc1cc(N)nn1C(F)(F)F)OCC(C)(C)C. The number of ether oxygens (including phenoxy) is 1. The number of aromatic nitrogens is 2. The second kappa shape index (κ2) is 9.09. The number of rotatable bonds is 8. The Labute approximate surface area is 151 Å². The molecule has 26 heavy (non-hydrogen) atoms. The molecule has 1 aromatic heterocycles. The van der Waals surface area contributed by atoms with Gasteiger partial charge in [0.2, 0.25) is 0 Å². The van der Waals surface area contributed by atoms with Gasteiger partial charge >= 0.3 is 6.30 Å². The van der Waals surface area contributed by atoms with E-state index in [9.17, 15) is 17.6 Å². The maximum absolute atomic E-state index is 13.0. The molecule has 0 aliphatic heterocycles. The number of nitrogens with zero attached hydrogens (tertiary/aromatic N) is 2. The molecular weight excluding hydrogens is 350 g/mol. The summed E-state index contributed by atoms with van der Waals surface area (Å²) >= 11 is 0. The van der Waals surface area contributed by atoms with Crippen molar-refractivity contribution < 1.29 is 22.3 Å². The summed E-state index contributed by atoms with van der Waals surface area (Å²) in [5.41, 5.74) is 5.22. The van der Waals surface area contributed by atoms with Crippen LogP contribution in [0.1, 0.15) is 46.2 Å². The largest absolute Gasteiger partial charge is 0.504 e. The molecule has 0 aliphatic carbocycles. The third kappa shape index (κ3) is 8.40. The molecule has 0 fully saturated rings. The van der Waals surface area contributed by atoms with Gasteiger partial charge in [0.15, 0.2) is 0 Å². The number of allylic oxidation sites excluding steroid dienone is 3. The fourth-order valence-corrected chi connectivity index (χ4v) is 2.02. The summed E-state index contributed by atoms with van der Waals surface area (Å²) in [4.78, 5) is 0. The van der Waals surface area contributed by atoms with Crippen molar-refractivity contribution >= 4 is 5.82 Å². The first kappa shape index (κ1) is 22.1. The van der Waals surface area contributed by atoms with E-state index in [2.05, 4.69) is 5.10 Å². The van der Waals surface area contributed by atoms with Crippen molar-refractivity contribution in [3.63, 3.8) is 0 Å². The van der Waals surface area contributed by atoms with E-state index in [4.69, 9.17) is 10.5 Å². The van der Waals surface area contributed by atoms with Gasteiger partial charge in [-0.05, 0) is 24.8 Å². The summed E-state index contributed by atoms with van der Waals surface area (Å²) in [5.74, 6) is 0.330. The minimum absolute atomic E-state index is 0.0312. The van der Waals surface area contributed by atoms with E-state index < -0.39 is 12.5 Å². The van der Waals surface area contributed by atoms with Gasteiger partial charge in [-0.25, -0.2) is 4.39 Å². The molecule has 148 valence electrons. The predicted octanol–water partition coefficient (Wildman–Crippen LogP) is 5.13. The van der Waals surface area contributed by atoms with Crippen molar-refractivity contribution in [2.75, 3.05) is 12.3 Å². The first-order chi connectivity index (χ1) is 11.9. The van der Waals surface area contributed by atoms with E-state index in [1.165, 1.54) is 13.0 Å². The van der Waals surface area contributed by atoms with Gasteiger partial charge < -0.3 is 10.5 Å². The normalized spacial score (nSPS) is 14.8.